The minimum Gasteiger partial charge on any atom is -0.381 e. The smallest absolute Gasteiger partial charge is 0.226 e. The SMILES string of the molecule is CC(CCC(=O)NC=O)c1ccnc(N2CCC(CN3CCN(c4nnc(-c5cnc(-c6ccc7cc(C#N)cnn67)cc5NC5CCOCC5)s4)CC3)CC2)c1. The maximum atomic E-state index is 11.7. The first kappa shape index (κ1) is 38.4. The zero-order chi connectivity index (χ0) is 39.1. The van der Waals surface area contributed by atoms with Gasteiger partial charge in [-0.25, -0.2) is 9.50 Å². The molecule has 2 amide bonds. The second-order valence-electron chi connectivity index (χ2n) is 15.2. The number of piperazine rings is 1. The molecule has 0 spiro atoms. The highest BCUT2D eigenvalue weighted by Gasteiger charge is 2.27. The van der Waals surface area contributed by atoms with E-state index in [9.17, 15) is 14.9 Å². The van der Waals surface area contributed by atoms with E-state index in [1.165, 1.54) is 5.56 Å². The largest absolute Gasteiger partial charge is 0.381 e. The van der Waals surface area contributed by atoms with E-state index in [1.807, 2.05) is 41.2 Å². The van der Waals surface area contributed by atoms with Crippen molar-refractivity contribution in [2.45, 2.75) is 57.4 Å². The van der Waals surface area contributed by atoms with Gasteiger partial charge in [-0.1, -0.05) is 18.3 Å². The van der Waals surface area contributed by atoms with Gasteiger partial charge in [0.15, 0.2) is 5.01 Å². The number of imide groups is 1. The number of anilines is 3. The summed E-state index contributed by atoms with van der Waals surface area (Å²) in [5, 5.41) is 31.0. The van der Waals surface area contributed by atoms with E-state index < -0.39 is 0 Å². The number of ether oxygens (including phenoxy) is 1. The molecule has 3 aliphatic rings. The molecule has 0 aromatic carbocycles. The molecular formula is C41H48N12O3S. The molecule has 8 heterocycles. The molecule has 15 nitrogen and oxygen atoms in total. The van der Waals surface area contributed by atoms with Crippen molar-refractivity contribution in [3.8, 4) is 28.0 Å². The Morgan fingerprint density at radius 2 is 1.82 bits per heavy atom. The predicted octanol–water partition coefficient (Wildman–Crippen LogP) is 4.97. The highest BCUT2D eigenvalue weighted by molar-refractivity contribution is 7.18. The van der Waals surface area contributed by atoms with Crippen molar-refractivity contribution < 1.29 is 14.3 Å². The van der Waals surface area contributed by atoms with E-state index in [0.29, 0.717) is 30.7 Å². The molecule has 0 saturated carbocycles. The lowest BCUT2D eigenvalue weighted by Gasteiger charge is -2.39. The van der Waals surface area contributed by atoms with Gasteiger partial charge in [0.2, 0.25) is 17.4 Å². The number of amides is 2. The fourth-order valence-corrected chi connectivity index (χ4v) is 8.97. The van der Waals surface area contributed by atoms with Crippen LogP contribution in [0.5, 0.6) is 0 Å². The first-order chi connectivity index (χ1) is 27.9. The predicted molar refractivity (Wildman–Crippen MR) is 219 cm³/mol. The van der Waals surface area contributed by atoms with Crippen LogP contribution in [0.25, 0.3) is 27.5 Å². The van der Waals surface area contributed by atoms with Crippen LogP contribution in [-0.4, -0.2) is 112 Å². The highest BCUT2D eigenvalue weighted by Crippen LogP contribution is 2.37. The number of aromatic nitrogens is 6. The molecule has 1 unspecified atom stereocenters. The summed E-state index contributed by atoms with van der Waals surface area (Å²) in [5.41, 5.74) is 6.05. The van der Waals surface area contributed by atoms with Gasteiger partial charge < -0.3 is 19.9 Å². The van der Waals surface area contributed by atoms with E-state index in [-0.39, 0.29) is 17.9 Å². The molecule has 0 radical (unpaired) electrons. The second-order valence-corrected chi connectivity index (χ2v) is 16.2. The number of nitrogens with zero attached hydrogens (tertiary/aromatic N) is 10. The Morgan fingerprint density at radius 1 is 1.00 bits per heavy atom. The van der Waals surface area contributed by atoms with Gasteiger partial charge in [0.25, 0.3) is 0 Å². The fourth-order valence-electron chi connectivity index (χ4n) is 8.05. The fraction of sp³-hybridized carbons (Fsp3) is 0.463. The molecule has 8 rings (SSSR count). The standard InChI is InChI=1S/C41H48N12O3S/c1-28(2-5-39(55)45-27-54)31-6-11-43-38(21-31)51-12-7-29(8-13-51)26-50-14-16-52(17-15-50)41-49-48-40(57-41)34-25-44-36(22-35(34)47-32-9-18-56-19-10-32)37-4-3-33-20-30(23-42)24-46-53(33)37/h3-4,6,11,20-22,24-25,27-29,32H,2,5,7-10,12-19,26H2,1H3,(H,44,47)(H,45,54,55). The molecule has 57 heavy (non-hydrogen) atoms. The number of carbonyl (C=O) groups excluding carboxylic acids is 2. The van der Waals surface area contributed by atoms with Crippen molar-refractivity contribution in [1.29, 1.82) is 5.26 Å². The number of rotatable bonds is 13. The Hall–Kier alpha value is -5.50. The van der Waals surface area contributed by atoms with Crippen LogP contribution < -0.4 is 20.4 Å². The number of hydrogen-bond donors (Lipinski definition) is 2. The maximum Gasteiger partial charge on any atom is 0.226 e. The van der Waals surface area contributed by atoms with Gasteiger partial charge in [-0.05, 0) is 85.9 Å². The molecule has 5 aromatic rings. The summed E-state index contributed by atoms with van der Waals surface area (Å²) in [4.78, 5) is 39.2. The minimum absolute atomic E-state index is 0.198. The number of fused-ring (bicyclic) bond motifs is 1. The van der Waals surface area contributed by atoms with Crippen LogP contribution in [0.15, 0.2) is 55.0 Å². The average molecular weight is 789 g/mol. The number of piperidine rings is 1. The molecule has 0 bridgehead atoms. The van der Waals surface area contributed by atoms with Crippen molar-refractivity contribution in [3.63, 3.8) is 0 Å². The van der Waals surface area contributed by atoms with E-state index in [2.05, 4.69) is 70.7 Å². The van der Waals surface area contributed by atoms with Gasteiger partial charge in [0, 0.05) is 89.6 Å². The van der Waals surface area contributed by atoms with E-state index in [4.69, 9.17) is 9.72 Å². The molecule has 0 aliphatic carbocycles. The molecule has 3 saturated heterocycles. The Kier molecular flexibility index (Phi) is 11.9. The Morgan fingerprint density at radius 3 is 2.61 bits per heavy atom. The first-order valence-corrected chi connectivity index (χ1v) is 20.7. The molecule has 296 valence electrons. The molecule has 5 aromatic heterocycles. The summed E-state index contributed by atoms with van der Waals surface area (Å²) in [6.07, 6.45) is 10.9. The van der Waals surface area contributed by atoms with Crippen molar-refractivity contribution in [3.05, 3.63) is 66.1 Å². The van der Waals surface area contributed by atoms with Crippen molar-refractivity contribution in [2.24, 2.45) is 5.92 Å². The molecule has 16 heteroatoms. The highest BCUT2D eigenvalue weighted by atomic mass is 32.1. The van der Waals surface area contributed by atoms with Gasteiger partial charge in [-0.2, -0.15) is 10.4 Å². The van der Waals surface area contributed by atoms with Gasteiger partial charge in [-0.15, -0.1) is 10.2 Å². The third-order valence-corrected chi connectivity index (χ3v) is 12.5. The Bertz CT molecular complexity index is 2210. The molecule has 2 N–H and O–H groups in total. The van der Waals surface area contributed by atoms with Crippen LogP contribution in [-0.2, 0) is 14.3 Å². The van der Waals surface area contributed by atoms with E-state index in [1.54, 1.807) is 17.5 Å². The lowest BCUT2D eigenvalue weighted by atomic mass is 9.94. The third-order valence-electron chi connectivity index (χ3n) is 11.5. The normalized spacial score (nSPS) is 17.7. The number of nitrogens with one attached hydrogen (secondary N) is 2. The van der Waals surface area contributed by atoms with Crippen LogP contribution in [0.4, 0.5) is 16.6 Å². The van der Waals surface area contributed by atoms with Crippen molar-refractivity contribution in [2.75, 3.05) is 74.1 Å². The molecule has 3 fully saturated rings. The number of nitriles is 1. The Labute approximate surface area is 336 Å². The summed E-state index contributed by atoms with van der Waals surface area (Å²) in [6, 6.07) is 14.5. The number of hydrogen-bond acceptors (Lipinski definition) is 14. The first-order valence-electron chi connectivity index (χ1n) is 19.9. The van der Waals surface area contributed by atoms with Crippen LogP contribution in [0.3, 0.4) is 0 Å². The molecule has 3 aliphatic heterocycles. The number of pyridine rings is 2. The lowest BCUT2D eigenvalue weighted by Crippen LogP contribution is -2.49. The zero-order valence-corrected chi connectivity index (χ0v) is 33.0. The van der Waals surface area contributed by atoms with Crippen LogP contribution in [0.1, 0.15) is 62.5 Å². The monoisotopic (exact) mass is 788 g/mol. The topological polar surface area (TPSA) is 170 Å². The van der Waals surface area contributed by atoms with Gasteiger partial charge >= 0.3 is 0 Å². The van der Waals surface area contributed by atoms with Crippen LogP contribution in [0, 0.1) is 17.2 Å². The van der Waals surface area contributed by atoms with Crippen molar-refractivity contribution in [1.82, 2.24) is 40.0 Å². The Balaban J connectivity index is 0.867. The zero-order valence-electron chi connectivity index (χ0n) is 32.2. The van der Waals surface area contributed by atoms with Gasteiger partial charge in [-0.3, -0.25) is 24.8 Å². The number of carbonyl (C=O) groups is 2. The third kappa shape index (κ3) is 9.06. The van der Waals surface area contributed by atoms with E-state index in [0.717, 1.165) is 129 Å². The quantitative estimate of drug-likeness (QED) is 0.154. The summed E-state index contributed by atoms with van der Waals surface area (Å²) in [7, 11) is 0. The maximum absolute atomic E-state index is 11.7. The minimum atomic E-state index is -0.243. The van der Waals surface area contributed by atoms with E-state index >= 15 is 0 Å². The van der Waals surface area contributed by atoms with Gasteiger partial charge in [0.05, 0.1) is 34.2 Å². The summed E-state index contributed by atoms with van der Waals surface area (Å²) in [6.45, 7) is 10.4. The van der Waals surface area contributed by atoms with Crippen LogP contribution >= 0.6 is 11.3 Å². The summed E-state index contributed by atoms with van der Waals surface area (Å²) >= 11 is 1.61. The summed E-state index contributed by atoms with van der Waals surface area (Å²) < 4.78 is 7.45. The lowest BCUT2D eigenvalue weighted by molar-refractivity contribution is -0.125. The van der Waals surface area contributed by atoms with Crippen molar-refractivity contribution >= 4 is 45.8 Å². The molecular weight excluding hydrogens is 741 g/mol. The average Bonchev–Trinajstić information content (AvgIpc) is 3.92. The van der Waals surface area contributed by atoms with Crippen LogP contribution in [0.2, 0.25) is 0 Å². The molecule has 1 atom stereocenters. The second kappa shape index (κ2) is 17.7. The summed E-state index contributed by atoms with van der Waals surface area (Å²) in [5.74, 6) is 1.60. The van der Waals surface area contributed by atoms with Gasteiger partial charge in [0.1, 0.15) is 11.9 Å².